The minimum Gasteiger partial charge on any atom is -0.464 e. The van der Waals surface area contributed by atoms with Crippen LogP contribution in [0.2, 0.25) is 0 Å². The lowest BCUT2D eigenvalue weighted by Gasteiger charge is -2.07. The molecule has 0 saturated heterocycles. The van der Waals surface area contributed by atoms with Crippen LogP contribution >= 0.6 is 0 Å². The monoisotopic (exact) mass is 330 g/mol. The fourth-order valence-corrected chi connectivity index (χ4v) is 3.70. The Morgan fingerprint density at radius 3 is 2.72 bits per heavy atom. The highest BCUT2D eigenvalue weighted by atomic mass is 16.3. The first-order chi connectivity index (χ1) is 12.2. The Balaban J connectivity index is 1.85. The maximum Gasteiger partial charge on any atom is 0.249 e. The second kappa shape index (κ2) is 5.24. The number of hydrogen-bond acceptors (Lipinski definition) is 2. The van der Waals surface area contributed by atoms with E-state index in [1.165, 1.54) is 12.8 Å². The normalized spacial score (nSPS) is 14.4. The smallest absolute Gasteiger partial charge is 0.249 e. The first kappa shape index (κ1) is 14.3. The number of hydrogen-bond donors (Lipinski definition) is 1. The summed E-state index contributed by atoms with van der Waals surface area (Å²) in [4.78, 5) is 12.0. The zero-order valence-corrected chi connectivity index (χ0v) is 13.7. The summed E-state index contributed by atoms with van der Waals surface area (Å²) >= 11 is 0. The third-order valence-electron chi connectivity index (χ3n) is 5.10. The molecular weight excluding hydrogens is 312 g/mol. The summed E-state index contributed by atoms with van der Waals surface area (Å²) in [5.41, 5.74) is 9.47. The molecule has 0 radical (unpaired) electrons. The summed E-state index contributed by atoms with van der Waals surface area (Å²) in [6.45, 7) is 0.976. The van der Waals surface area contributed by atoms with Crippen molar-refractivity contribution in [1.82, 2.24) is 4.57 Å². The molecule has 0 spiro atoms. The quantitative estimate of drug-likeness (QED) is 0.596. The molecule has 0 bridgehead atoms. The molecule has 1 aliphatic rings. The van der Waals surface area contributed by atoms with Gasteiger partial charge in [-0.1, -0.05) is 18.2 Å². The maximum atomic E-state index is 12.0. The van der Waals surface area contributed by atoms with Gasteiger partial charge in [-0.2, -0.15) is 0 Å². The number of furan rings is 1. The van der Waals surface area contributed by atoms with Crippen molar-refractivity contribution >= 4 is 27.7 Å². The van der Waals surface area contributed by atoms with Crippen molar-refractivity contribution in [3.63, 3.8) is 0 Å². The van der Waals surface area contributed by atoms with Gasteiger partial charge in [0.05, 0.1) is 6.26 Å². The third-order valence-corrected chi connectivity index (χ3v) is 5.10. The minimum absolute atomic E-state index is 0.383. The van der Waals surface area contributed by atoms with Crippen LogP contribution in [0, 0.1) is 5.92 Å². The van der Waals surface area contributed by atoms with Gasteiger partial charge in [-0.15, -0.1) is 0 Å². The van der Waals surface area contributed by atoms with Crippen LogP contribution in [0.5, 0.6) is 0 Å². The maximum absolute atomic E-state index is 12.0. The SMILES string of the molecule is NC(=O)c1cccc2c1c1ccc(-c3ccco3)cc1n2CC1CC1. The van der Waals surface area contributed by atoms with E-state index in [-0.39, 0.29) is 5.91 Å². The van der Waals surface area contributed by atoms with Crippen molar-refractivity contribution in [3.8, 4) is 11.3 Å². The van der Waals surface area contributed by atoms with Crippen LogP contribution in [0.15, 0.2) is 59.2 Å². The number of rotatable bonds is 4. The summed E-state index contributed by atoms with van der Waals surface area (Å²) in [7, 11) is 0. The first-order valence-electron chi connectivity index (χ1n) is 8.61. The predicted molar refractivity (Wildman–Crippen MR) is 98.4 cm³/mol. The summed E-state index contributed by atoms with van der Waals surface area (Å²) < 4.78 is 7.89. The Morgan fingerprint density at radius 1 is 1.12 bits per heavy atom. The van der Waals surface area contributed by atoms with E-state index in [2.05, 4.69) is 22.8 Å². The molecule has 2 N–H and O–H groups in total. The van der Waals surface area contributed by atoms with Gasteiger partial charge < -0.3 is 14.7 Å². The first-order valence-corrected chi connectivity index (χ1v) is 8.61. The molecule has 2 aromatic heterocycles. The van der Waals surface area contributed by atoms with Crippen molar-refractivity contribution in [1.29, 1.82) is 0 Å². The van der Waals surface area contributed by atoms with Gasteiger partial charge in [-0.25, -0.2) is 0 Å². The van der Waals surface area contributed by atoms with E-state index < -0.39 is 0 Å². The second-order valence-electron chi connectivity index (χ2n) is 6.83. The van der Waals surface area contributed by atoms with E-state index in [1.54, 1.807) is 6.26 Å². The van der Waals surface area contributed by atoms with Crippen LogP contribution in [-0.2, 0) is 6.54 Å². The highest BCUT2D eigenvalue weighted by Crippen LogP contribution is 2.38. The summed E-state index contributed by atoms with van der Waals surface area (Å²) in [5.74, 6) is 1.19. The van der Waals surface area contributed by atoms with E-state index in [0.717, 1.165) is 45.6 Å². The molecule has 1 saturated carbocycles. The molecular formula is C21H18N2O2. The summed E-state index contributed by atoms with van der Waals surface area (Å²) in [5, 5.41) is 2.03. The molecule has 25 heavy (non-hydrogen) atoms. The molecule has 124 valence electrons. The van der Waals surface area contributed by atoms with Crippen molar-refractivity contribution in [3.05, 3.63) is 60.4 Å². The molecule has 0 aliphatic heterocycles. The van der Waals surface area contributed by atoms with Crippen molar-refractivity contribution in [2.45, 2.75) is 19.4 Å². The molecule has 1 fully saturated rings. The van der Waals surface area contributed by atoms with Gasteiger partial charge in [-0.05, 0) is 49.1 Å². The number of fused-ring (bicyclic) bond motifs is 3. The Bertz CT molecular complexity index is 1100. The highest BCUT2D eigenvalue weighted by Gasteiger charge is 2.25. The number of primary amides is 1. The van der Waals surface area contributed by atoms with Crippen molar-refractivity contribution in [2.24, 2.45) is 11.7 Å². The van der Waals surface area contributed by atoms with Crippen LogP contribution in [0.25, 0.3) is 33.1 Å². The molecule has 2 heterocycles. The van der Waals surface area contributed by atoms with Crippen LogP contribution in [0.3, 0.4) is 0 Å². The summed E-state index contributed by atoms with van der Waals surface area (Å²) in [6.07, 6.45) is 4.23. The highest BCUT2D eigenvalue weighted by molar-refractivity contribution is 6.18. The number of carbonyl (C=O) groups excluding carboxylic acids is 1. The van der Waals surface area contributed by atoms with Crippen LogP contribution < -0.4 is 5.73 Å². The fourth-order valence-electron chi connectivity index (χ4n) is 3.70. The number of benzene rings is 2. The molecule has 4 heteroatoms. The van der Waals surface area contributed by atoms with Gasteiger partial charge in [0.25, 0.3) is 0 Å². The molecule has 1 aliphatic carbocycles. The Hall–Kier alpha value is -3.01. The van der Waals surface area contributed by atoms with Crippen molar-refractivity contribution in [2.75, 3.05) is 0 Å². The van der Waals surface area contributed by atoms with Gasteiger partial charge in [0.2, 0.25) is 5.91 Å². The summed E-state index contributed by atoms with van der Waals surface area (Å²) in [6, 6.07) is 15.9. The van der Waals surface area contributed by atoms with E-state index >= 15 is 0 Å². The number of amides is 1. The van der Waals surface area contributed by atoms with Crippen molar-refractivity contribution < 1.29 is 9.21 Å². The minimum atomic E-state index is -0.383. The molecule has 0 atom stereocenters. The lowest BCUT2D eigenvalue weighted by atomic mass is 10.0. The van der Waals surface area contributed by atoms with Gasteiger partial charge in [-0.3, -0.25) is 4.79 Å². The van der Waals surface area contributed by atoms with Gasteiger partial charge in [0, 0.05) is 39.5 Å². The van der Waals surface area contributed by atoms with Gasteiger partial charge in [0.15, 0.2) is 0 Å². The molecule has 0 unspecified atom stereocenters. The van der Waals surface area contributed by atoms with E-state index in [1.807, 2.05) is 30.3 Å². The van der Waals surface area contributed by atoms with E-state index in [4.69, 9.17) is 10.2 Å². The molecule has 4 aromatic rings. The lowest BCUT2D eigenvalue weighted by Crippen LogP contribution is -2.11. The standard InChI is InChI=1S/C21H18N2O2/c22-21(24)16-3-1-4-17-20(16)15-9-8-14(19-5-2-10-25-19)11-18(15)23(17)12-13-6-7-13/h1-5,8-11,13H,6-7,12H2,(H2,22,24). The zero-order chi connectivity index (χ0) is 17.0. The fraction of sp³-hybridized carbons (Fsp3) is 0.190. The number of nitrogens with two attached hydrogens (primary N) is 1. The third kappa shape index (κ3) is 2.25. The van der Waals surface area contributed by atoms with E-state index in [0.29, 0.717) is 5.56 Å². The number of aromatic nitrogens is 1. The molecule has 4 nitrogen and oxygen atoms in total. The lowest BCUT2D eigenvalue weighted by molar-refractivity contribution is 0.100. The Kier molecular flexibility index (Phi) is 3.01. The van der Waals surface area contributed by atoms with E-state index in [9.17, 15) is 4.79 Å². The zero-order valence-electron chi connectivity index (χ0n) is 13.7. The van der Waals surface area contributed by atoms with Gasteiger partial charge >= 0.3 is 0 Å². The number of nitrogens with zero attached hydrogens (tertiary/aromatic N) is 1. The van der Waals surface area contributed by atoms with Gasteiger partial charge in [0.1, 0.15) is 5.76 Å². The van der Waals surface area contributed by atoms with Crippen LogP contribution in [-0.4, -0.2) is 10.5 Å². The second-order valence-corrected chi connectivity index (χ2v) is 6.83. The average molecular weight is 330 g/mol. The van der Waals surface area contributed by atoms with Crippen LogP contribution in [0.4, 0.5) is 0 Å². The Morgan fingerprint density at radius 2 is 2.00 bits per heavy atom. The largest absolute Gasteiger partial charge is 0.464 e. The topological polar surface area (TPSA) is 61.2 Å². The predicted octanol–water partition coefficient (Wildman–Crippen LogP) is 4.56. The molecule has 5 rings (SSSR count). The number of carbonyl (C=O) groups is 1. The molecule has 1 amide bonds. The average Bonchev–Trinajstić information content (AvgIpc) is 3.16. The Labute approximate surface area is 144 Å². The molecule has 2 aromatic carbocycles. The van der Waals surface area contributed by atoms with Crippen LogP contribution in [0.1, 0.15) is 23.2 Å².